The van der Waals surface area contributed by atoms with Crippen LogP contribution in [0, 0.1) is 9.49 Å². The van der Waals surface area contributed by atoms with Crippen LogP contribution >= 0.6 is 22.6 Å². The van der Waals surface area contributed by atoms with Crippen LogP contribution in [0.4, 0.5) is 5.69 Å². The number of carbonyl (C=O) groups excluding carboxylic acids is 2. The van der Waals surface area contributed by atoms with Crippen molar-refractivity contribution in [3.8, 4) is 0 Å². The molecule has 1 aromatic carbocycles. The van der Waals surface area contributed by atoms with Crippen LogP contribution in [0.5, 0.6) is 0 Å². The van der Waals surface area contributed by atoms with Crippen molar-refractivity contribution in [2.75, 3.05) is 4.90 Å². The van der Waals surface area contributed by atoms with Gasteiger partial charge in [0.05, 0.1) is 18.2 Å². The van der Waals surface area contributed by atoms with Gasteiger partial charge in [-0.3, -0.25) is 19.7 Å². The fraction of sp³-hybridized carbons (Fsp3) is 0.438. The Morgan fingerprint density at radius 2 is 2.00 bits per heavy atom. The van der Waals surface area contributed by atoms with Gasteiger partial charge in [-0.1, -0.05) is 20.3 Å². The number of nitrogens with zero attached hydrogens (tertiary/aromatic N) is 1. The predicted molar refractivity (Wildman–Crippen MR) is 94.1 cm³/mol. The molecule has 23 heavy (non-hydrogen) atoms. The molecule has 6 nitrogen and oxygen atoms in total. The van der Waals surface area contributed by atoms with Crippen molar-refractivity contribution in [1.29, 1.82) is 0 Å². The number of carboxylic acid groups (broad SMARTS) is 1. The summed E-state index contributed by atoms with van der Waals surface area (Å²) in [5, 5.41) is 12.2. The van der Waals surface area contributed by atoms with Crippen molar-refractivity contribution in [3.05, 3.63) is 27.8 Å². The maximum atomic E-state index is 12.5. The minimum absolute atomic E-state index is 0.0228. The fourth-order valence-corrected chi connectivity index (χ4v) is 2.91. The third-order valence-corrected chi connectivity index (χ3v) is 4.81. The summed E-state index contributed by atoms with van der Waals surface area (Å²) in [6.45, 7) is 3.70. The van der Waals surface area contributed by atoms with E-state index in [2.05, 4.69) is 27.9 Å². The second-order valence-electron chi connectivity index (χ2n) is 5.67. The third kappa shape index (κ3) is 3.89. The fourth-order valence-electron chi connectivity index (χ4n) is 2.55. The molecule has 0 aliphatic carbocycles. The lowest BCUT2D eigenvalue weighted by molar-refractivity contribution is -0.141. The lowest BCUT2D eigenvalue weighted by Crippen LogP contribution is -2.50. The summed E-state index contributed by atoms with van der Waals surface area (Å²) < 4.78 is 1.00. The van der Waals surface area contributed by atoms with Crippen molar-refractivity contribution in [3.63, 3.8) is 0 Å². The average molecular weight is 430 g/mol. The zero-order valence-electron chi connectivity index (χ0n) is 13.0. The molecule has 0 aromatic heterocycles. The topological polar surface area (TPSA) is 86.7 Å². The van der Waals surface area contributed by atoms with Crippen molar-refractivity contribution >= 4 is 46.1 Å². The molecule has 2 rings (SSSR count). The highest BCUT2D eigenvalue weighted by molar-refractivity contribution is 14.1. The molecule has 0 saturated carbocycles. The van der Waals surface area contributed by atoms with Crippen LogP contribution in [0.3, 0.4) is 0 Å². The van der Waals surface area contributed by atoms with E-state index in [1.807, 2.05) is 26.0 Å². The molecule has 7 heteroatoms. The van der Waals surface area contributed by atoms with Gasteiger partial charge in [0.2, 0.25) is 5.91 Å². The van der Waals surface area contributed by atoms with Crippen LogP contribution in [0.15, 0.2) is 24.3 Å². The quantitative estimate of drug-likeness (QED) is 0.533. The lowest BCUT2D eigenvalue weighted by atomic mass is 9.98. The van der Waals surface area contributed by atoms with Gasteiger partial charge < -0.3 is 5.11 Å². The first-order chi connectivity index (χ1) is 10.8. The Kier molecular flexibility index (Phi) is 5.74. The maximum Gasteiger partial charge on any atom is 0.320 e. The Morgan fingerprint density at radius 1 is 1.39 bits per heavy atom. The summed E-state index contributed by atoms with van der Waals surface area (Å²) in [6.07, 6.45) is 0.644. The number of amides is 2. The smallest absolute Gasteiger partial charge is 0.320 e. The van der Waals surface area contributed by atoms with E-state index in [1.165, 1.54) is 0 Å². The van der Waals surface area contributed by atoms with Crippen molar-refractivity contribution in [2.24, 2.45) is 5.92 Å². The summed E-state index contributed by atoms with van der Waals surface area (Å²) >= 11 is 2.14. The summed E-state index contributed by atoms with van der Waals surface area (Å²) in [4.78, 5) is 37.2. The number of rotatable bonds is 6. The Balaban J connectivity index is 2.17. The molecule has 1 aromatic rings. The van der Waals surface area contributed by atoms with E-state index in [0.717, 1.165) is 8.47 Å². The van der Waals surface area contributed by atoms with Gasteiger partial charge >= 0.3 is 5.97 Å². The van der Waals surface area contributed by atoms with E-state index in [9.17, 15) is 19.5 Å². The summed E-state index contributed by atoms with van der Waals surface area (Å²) in [6, 6.07) is 5.41. The molecular formula is C16H19IN2O4. The molecule has 1 heterocycles. The first kappa shape index (κ1) is 17.9. The molecule has 1 aliphatic rings. The van der Waals surface area contributed by atoms with E-state index in [0.29, 0.717) is 12.1 Å². The number of nitrogens with one attached hydrogen (secondary N) is 1. The number of hydrogen-bond acceptors (Lipinski definition) is 4. The molecule has 3 atom stereocenters. The van der Waals surface area contributed by atoms with Gasteiger partial charge in [-0.2, -0.15) is 0 Å². The molecule has 1 aliphatic heterocycles. The second-order valence-corrected chi connectivity index (χ2v) is 6.91. The van der Waals surface area contributed by atoms with Gasteiger partial charge in [-0.25, -0.2) is 4.90 Å². The summed E-state index contributed by atoms with van der Waals surface area (Å²) in [5.74, 6) is -1.86. The predicted octanol–water partition coefficient (Wildman–Crippen LogP) is 2.01. The van der Waals surface area contributed by atoms with Crippen molar-refractivity contribution < 1.29 is 19.5 Å². The van der Waals surface area contributed by atoms with Gasteiger partial charge in [-0.15, -0.1) is 0 Å². The van der Waals surface area contributed by atoms with Crippen molar-refractivity contribution in [1.82, 2.24) is 5.32 Å². The van der Waals surface area contributed by atoms with Gasteiger partial charge in [0.25, 0.3) is 5.91 Å². The number of carboxylic acids is 1. The van der Waals surface area contributed by atoms with Crippen LogP contribution in [0.1, 0.15) is 26.7 Å². The Bertz CT molecular complexity index is 617. The number of aliphatic carboxylic acids is 1. The SMILES string of the molecule is CCC(C)C(NC1CC(=O)N(c2ccc(I)cc2)C1=O)C(=O)O. The van der Waals surface area contributed by atoms with Crippen LogP contribution in [-0.4, -0.2) is 35.0 Å². The molecule has 0 spiro atoms. The highest BCUT2D eigenvalue weighted by atomic mass is 127. The number of halogens is 1. The zero-order chi connectivity index (χ0) is 17.1. The molecule has 1 fully saturated rings. The van der Waals surface area contributed by atoms with Crippen LogP contribution in [0.2, 0.25) is 0 Å². The molecule has 2 amide bonds. The number of imide groups is 1. The number of anilines is 1. The van der Waals surface area contributed by atoms with Gasteiger partial charge in [0.1, 0.15) is 6.04 Å². The number of benzene rings is 1. The highest BCUT2D eigenvalue weighted by Crippen LogP contribution is 2.24. The Morgan fingerprint density at radius 3 is 2.52 bits per heavy atom. The van der Waals surface area contributed by atoms with E-state index in [1.54, 1.807) is 12.1 Å². The normalized spacial score (nSPS) is 20.7. The van der Waals surface area contributed by atoms with Crippen LogP contribution < -0.4 is 10.2 Å². The zero-order valence-corrected chi connectivity index (χ0v) is 15.1. The van der Waals surface area contributed by atoms with E-state index in [-0.39, 0.29) is 18.2 Å². The van der Waals surface area contributed by atoms with Gasteiger partial charge in [0.15, 0.2) is 0 Å². The van der Waals surface area contributed by atoms with Crippen molar-refractivity contribution in [2.45, 2.75) is 38.8 Å². The molecule has 3 unspecified atom stereocenters. The highest BCUT2D eigenvalue weighted by Gasteiger charge is 2.41. The average Bonchev–Trinajstić information content (AvgIpc) is 2.79. The van der Waals surface area contributed by atoms with Crippen LogP contribution in [0.25, 0.3) is 0 Å². The number of hydrogen-bond donors (Lipinski definition) is 2. The molecule has 1 saturated heterocycles. The Labute approximate surface area is 148 Å². The summed E-state index contributed by atoms with van der Waals surface area (Å²) in [5.41, 5.74) is 0.514. The van der Waals surface area contributed by atoms with Gasteiger partial charge in [-0.05, 0) is 52.8 Å². The summed E-state index contributed by atoms with van der Waals surface area (Å²) in [7, 11) is 0. The minimum atomic E-state index is -1.01. The standard InChI is InChI=1S/C16H19IN2O4/c1-3-9(2)14(16(22)23)18-12-8-13(20)19(15(12)21)11-6-4-10(17)5-7-11/h4-7,9,12,14,18H,3,8H2,1-2H3,(H,22,23). The van der Waals surface area contributed by atoms with E-state index >= 15 is 0 Å². The van der Waals surface area contributed by atoms with Gasteiger partial charge in [0, 0.05) is 3.57 Å². The Hall–Kier alpha value is -1.48. The molecule has 124 valence electrons. The van der Waals surface area contributed by atoms with E-state index < -0.39 is 24.0 Å². The third-order valence-electron chi connectivity index (χ3n) is 4.09. The maximum absolute atomic E-state index is 12.5. The minimum Gasteiger partial charge on any atom is -0.480 e. The molecule has 0 radical (unpaired) electrons. The van der Waals surface area contributed by atoms with E-state index in [4.69, 9.17) is 0 Å². The first-order valence-corrected chi connectivity index (χ1v) is 8.54. The monoisotopic (exact) mass is 430 g/mol. The molecule has 0 bridgehead atoms. The van der Waals surface area contributed by atoms with Crippen LogP contribution in [-0.2, 0) is 14.4 Å². The second kappa shape index (κ2) is 7.39. The molecule has 2 N–H and O–H groups in total. The first-order valence-electron chi connectivity index (χ1n) is 7.46. The number of carbonyl (C=O) groups is 3. The molecular weight excluding hydrogens is 411 g/mol. The largest absolute Gasteiger partial charge is 0.480 e. The lowest BCUT2D eigenvalue weighted by Gasteiger charge is -2.23.